The molecule has 0 aromatic carbocycles. The van der Waals surface area contributed by atoms with Crippen LogP contribution in [-0.4, -0.2) is 43.7 Å². The molecule has 0 spiro atoms. The van der Waals surface area contributed by atoms with Gasteiger partial charge in [-0.15, -0.1) is 0 Å². The molecule has 4 heterocycles. The largest absolute Gasteiger partial charge is 0.347 e. The normalized spacial score (nSPS) is 16.8. The summed E-state index contributed by atoms with van der Waals surface area (Å²) < 4.78 is 1.81. The van der Waals surface area contributed by atoms with Gasteiger partial charge in [-0.25, -0.2) is 9.97 Å². The van der Waals surface area contributed by atoms with Gasteiger partial charge in [0.1, 0.15) is 5.69 Å². The fraction of sp³-hybridized carbons (Fsp3) is 0.333. The lowest BCUT2D eigenvalue weighted by Crippen LogP contribution is -2.25. The number of amides is 1. The second-order valence-electron chi connectivity index (χ2n) is 6.48. The van der Waals surface area contributed by atoms with E-state index >= 15 is 0 Å². The van der Waals surface area contributed by atoms with Gasteiger partial charge in [0, 0.05) is 62.4 Å². The molecule has 134 valence electrons. The summed E-state index contributed by atoms with van der Waals surface area (Å²) in [6.07, 6.45) is 8.17. The second kappa shape index (κ2) is 6.99. The Hall–Kier alpha value is -3.16. The number of H-pyrrole nitrogens is 1. The molecule has 1 amide bonds. The van der Waals surface area contributed by atoms with Crippen LogP contribution in [0.3, 0.4) is 0 Å². The van der Waals surface area contributed by atoms with E-state index in [1.165, 1.54) is 0 Å². The predicted octanol–water partition coefficient (Wildman–Crippen LogP) is 1.46. The summed E-state index contributed by atoms with van der Waals surface area (Å²) in [6, 6.07) is 5.48. The van der Waals surface area contributed by atoms with Crippen molar-refractivity contribution in [1.82, 2.24) is 30.0 Å². The highest BCUT2D eigenvalue weighted by Gasteiger charge is 2.28. The number of anilines is 1. The molecule has 0 radical (unpaired) electrons. The lowest BCUT2D eigenvalue weighted by Gasteiger charge is -2.16. The van der Waals surface area contributed by atoms with Crippen LogP contribution in [0, 0.1) is 0 Å². The van der Waals surface area contributed by atoms with E-state index in [0.29, 0.717) is 18.2 Å². The van der Waals surface area contributed by atoms with E-state index in [-0.39, 0.29) is 5.91 Å². The number of aromatic amines is 1. The van der Waals surface area contributed by atoms with Crippen LogP contribution < -0.4 is 10.2 Å². The van der Waals surface area contributed by atoms with Gasteiger partial charge >= 0.3 is 0 Å². The van der Waals surface area contributed by atoms with E-state index in [1.807, 2.05) is 25.4 Å². The monoisotopic (exact) mass is 351 g/mol. The molecule has 2 N–H and O–H groups in total. The third-order valence-electron chi connectivity index (χ3n) is 4.80. The first-order chi connectivity index (χ1) is 12.7. The Kier molecular flexibility index (Phi) is 4.39. The average Bonchev–Trinajstić information content (AvgIpc) is 3.40. The number of aromatic nitrogens is 5. The minimum atomic E-state index is -0.0876. The van der Waals surface area contributed by atoms with Crippen LogP contribution in [0.4, 0.5) is 5.95 Å². The maximum absolute atomic E-state index is 12.3. The van der Waals surface area contributed by atoms with E-state index in [9.17, 15) is 4.79 Å². The third-order valence-corrected chi connectivity index (χ3v) is 4.80. The summed E-state index contributed by atoms with van der Waals surface area (Å²) >= 11 is 0. The lowest BCUT2D eigenvalue weighted by atomic mass is 10.0. The van der Waals surface area contributed by atoms with Crippen molar-refractivity contribution in [3.8, 4) is 0 Å². The molecule has 0 saturated carbocycles. The molecule has 1 aliphatic rings. The molecule has 4 rings (SSSR count). The minimum Gasteiger partial charge on any atom is -0.347 e. The van der Waals surface area contributed by atoms with Gasteiger partial charge in [-0.2, -0.15) is 5.10 Å². The number of nitrogens with one attached hydrogen (secondary N) is 2. The zero-order valence-corrected chi connectivity index (χ0v) is 14.6. The number of carbonyl (C=O) groups is 1. The molecule has 3 aromatic heterocycles. The fourth-order valence-corrected chi connectivity index (χ4v) is 3.41. The first-order valence-electron chi connectivity index (χ1n) is 8.66. The summed E-state index contributed by atoms with van der Waals surface area (Å²) in [6.45, 7) is 2.20. The van der Waals surface area contributed by atoms with Crippen molar-refractivity contribution >= 4 is 11.9 Å². The predicted molar refractivity (Wildman–Crippen MR) is 96.8 cm³/mol. The van der Waals surface area contributed by atoms with Crippen molar-refractivity contribution in [3.05, 3.63) is 59.9 Å². The van der Waals surface area contributed by atoms with Crippen LogP contribution in [0.25, 0.3) is 0 Å². The van der Waals surface area contributed by atoms with Gasteiger partial charge in [0.25, 0.3) is 5.91 Å². The number of hydrogen-bond donors (Lipinski definition) is 2. The standard InChI is InChI=1S/C18H21N7O/c1-24-8-2-4-15(24)17(26)21-10-14-11-22-23-16(14)13-5-9-25(12-13)18-19-6-3-7-20-18/h2-4,6-8,11,13H,5,9-10,12H2,1H3,(H,21,26)(H,22,23). The third kappa shape index (κ3) is 3.17. The average molecular weight is 351 g/mol. The first-order valence-corrected chi connectivity index (χ1v) is 8.66. The Morgan fingerprint density at radius 1 is 1.35 bits per heavy atom. The quantitative estimate of drug-likeness (QED) is 0.726. The zero-order valence-electron chi connectivity index (χ0n) is 14.6. The van der Waals surface area contributed by atoms with Gasteiger partial charge in [0.15, 0.2) is 0 Å². The van der Waals surface area contributed by atoms with Gasteiger partial charge in [-0.05, 0) is 24.6 Å². The Morgan fingerprint density at radius 2 is 2.19 bits per heavy atom. The topological polar surface area (TPSA) is 91.7 Å². The highest BCUT2D eigenvalue weighted by atomic mass is 16.1. The van der Waals surface area contributed by atoms with Crippen LogP contribution in [0.5, 0.6) is 0 Å². The SMILES string of the molecule is Cn1cccc1C(=O)NCc1cn[nH]c1C1CCN(c2ncccn2)C1. The van der Waals surface area contributed by atoms with Crippen LogP contribution >= 0.6 is 0 Å². The fourth-order valence-electron chi connectivity index (χ4n) is 3.41. The Morgan fingerprint density at radius 3 is 2.96 bits per heavy atom. The number of hydrogen-bond acceptors (Lipinski definition) is 5. The molecule has 1 unspecified atom stereocenters. The summed E-state index contributed by atoms with van der Waals surface area (Å²) in [5, 5.41) is 10.3. The van der Waals surface area contributed by atoms with Crippen LogP contribution in [0.2, 0.25) is 0 Å². The maximum atomic E-state index is 12.3. The summed E-state index contributed by atoms with van der Waals surface area (Å²) in [5.74, 6) is 0.992. The van der Waals surface area contributed by atoms with Crippen LogP contribution in [-0.2, 0) is 13.6 Å². The zero-order chi connectivity index (χ0) is 17.9. The van der Waals surface area contributed by atoms with E-state index in [0.717, 1.165) is 36.7 Å². The van der Waals surface area contributed by atoms with Gasteiger partial charge in [-0.1, -0.05) is 0 Å². The number of aryl methyl sites for hydroxylation is 1. The molecule has 8 heteroatoms. The van der Waals surface area contributed by atoms with E-state index in [2.05, 4.69) is 30.4 Å². The smallest absolute Gasteiger partial charge is 0.268 e. The van der Waals surface area contributed by atoms with E-state index in [1.54, 1.807) is 29.2 Å². The number of nitrogens with zero attached hydrogens (tertiary/aromatic N) is 5. The second-order valence-corrected chi connectivity index (χ2v) is 6.48. The molecule has 8 nitrogen and oxygen atoms in total. The number of rotatable bonds is 5. The molecule has 0 bridgehead atoms. The van der Waals surface area contributed by atoms with Crippen molar-refractivity contribution in [2.45, 2.75) is 18.9 Å². The van der Waals surface area contributed by atoms with Gasteiger partial charge < -0.3 is 14.8 Å². The summed E-state index contributed by atoms with van der Waals surface area (Å²) in [4.78, 5) is 23.1. The molecule has 0 aliphatic carbocycles. The number of carbonyl (C=O) groups excluding carboxylic acids is 1. The molecular weight excluding hydrogens is 330 g/mol. The Balaban J connectivity index is 1.41. The van der Waals surface area contributed by atoms with Crippen molar-refractivity contribution in [3.63, 3.8) is 0 Å². The van der Waals surface area contributed by atoms with Gasteiger partial charge in [-0.3, -0.25) is 9.89 Å². The van der Waals surface area contributed by atoms with E-state index < -0.39 is 0 Å². The van der Waals surface area contributed by atoms with Gasteiger partial charge in [0.2, 0.25) is 5.95 Å². The summed E-state index contributed by atoms with van der Waals surface area (Å²) in [7, 11) is 1.86. The van der Waals surface area contributed by atoms with Crippen LogP contribution in [0.15, 0.2) is 43.0 Å². The van der Waals surface area contributed by atoms with Crippen molar-refractivity contribution in [1.29, 1.82) is 0 Å². The molecule has 1 aliphatic heterocycles. The molecule has 1 saturated heterocycles. The van der Waals surface area contributed by atoms with Crippen molar-refractivity contribution < 1.29 is 4.79 Å². The van der Waals surface area contributed by atoms with Crippen LogP contribution in [0.1, 0.15) is 34.1 Å². The van der Waals surface area contributed by atoms with Gasteiger partial charge in [0.05, 0.1) is 6.20 Å². The maximum Gasteiger partial charge on any atom is 0.268 e. The molecule has 26 heavy (non-hydrogen) atoms. The molecule has 3 aromatic rings. The Labute approximate surface area is 151 Å². The molecular formula is C18H21N7O. The van der Waals surface area contributed by atoms with Crippen molar-refractivity contribution in [2.75, 3.05) is 18.0 Å². The highest BCUT2D eigenvalue weighted by Crippen LogP contribution is 2.29. The summed E-state index contributed by atoms with van der Waals surface area (Å²) in [5.41, 5.74) is 2.74. The molecule has 1 fully saturated rings. The Bertz CT molecular complexity index is 886. The highest BCUT2D eigenvalue weighted by molar-refractivity contribution is 5.92. The lowest BCUT2D eigenvalue weighted by molar-refractivity contribution is 0.0942. The minimum absolute atomic E-state index is 0.0876. The molecule has 1 atom stereocenters. The van der Waals surface area contributed by atoms with E-state index in [4.69, 9.17) is 0 Å². The van der Waals surface area contributed by atoms with Crippen molar-refractivity contribution in [2.24, 2.45) is 7.05 Å². The first kappa shape index (κ1) is 16.3.